The molecule has 2 aromatic heterocycles. The molecule has 0 aliphatic carbocycles. The summed E-state index contributed by atoms with van der Waals surface area (Å²) in [6.07, 6.45) is 3.59. The Labute approximate surface area is 180 Å². The van der Waals surface area contributed by atoms with E-state index in [1.807, 2.05) is 30.5 Å². The number of para-hydroxylation sites is 1. The lowest BCUT2D eigenvalue weighted by molar-refractivity contribution is 0.0983. The maximum Gasteiger partial charge on any atom is 0.262 e. The van der Waals surface area contributed by atoms with Crippen LogP contribution in [0.15, 0.2) is 64.1 Å². The predicted molar refractivity (Wildman–Crippen MR) is 117 cm³/mol. The van der Waals surface area contributed by atoms with Gasteiger partial charge in [0.25, 0.3) is 5.91 Å². The van der Waals surface area contributed by atoms with Gasteiger partial charge in [-0.1, -0.05) is 40.6 Å². The smallest absolute Gasteiger partial charge is 0.262 e. The lowest BCUT2D eigenvalue weighted by atomic mass is 10.2. The zero-order valence-electron chi connectivity index (χ0n) is 14.7. The largest absolute Gasteiger partial charge is 0.467 e. The average molecular weight is 449 g/mol. The Balaban J connectivity index is 1.80. The van der Waals surface area contributed by atoms with Gasteiger partial charge < -0.3 is 4.42 Å². The van der Waals surface area contributed by atoms with Gasteiger partial charge in [0.2, 0.25) is 0 Å². The first-order valence-electron chi connectivity index (χ1n) is 8.29. The van der Waals surface area contributed by atoms with Crippen LogP contribution in [0.25, 0.3) is 10.2 Å². The Kier molecular flexibility index (Phi) is 5.64. The first-order valence-corrected chi connectivity index (χ1v) is 11.1. The minimum atomic E-state index is -0.261. The van der Waals surface area contributed by atoms with Crippen LogP contribution in [0.1, 0.15) is 16.1 Å². The molecule has 28 heavy (non-hydrogen) atoms. The number of amides is 1. The molecule has 0 aliphatic rings. The fourth-order valence-electron chi connectivity index (χ4n) is 2.78. The Bertz CT molecular complexity index is 1140. The quantitative estimate of drug-likeness (QED) is 0.316. The van der Waals surface area contributed by atoms with E-state index >= 15 is 0 Å². The van der Waals surface area contributed by atoms with Crippen LogP contribution in [-0.2, 0) is 6.54 Å². The second-order valence-electron chi connectivity index (χ2n) is 5.90. The summed E-state index contributed by atoms with van der Waals surface area (Å²) in [6, 6.07) is 14.5. The van der Waals surface area contributed by atoms with E-state index in [0.29, 0.717) is 26.5 Å². The van der Waals surface area contributed by atoms with Crippen molar-refractivity contribution in [1.29, 1.82) is 0 Å². The molecule has 2 aromatic carbocycles. The first kappa shape index (κ1) is 19.3. The SMILES string of the molecule is CSc1cccc2sc(N(Cc3ccco3)C(=O)c3ccc(Cl)cc3Cl)nc12. The van der Waals surface area contributed by atoms with E-state index in [4.69, 9.17) is 32.6 Å². The highest BCUT2D eigenvalue weighted by molar-refractivity contribution is 7.98. The van der Waals surface area contributed by atoms with Crippen LogP contribution in [0.2, 0.25) is 10.0 Å². The Morgan fingerprint density at radius 3 is 2.79 bits per heavy atom. The summed E-state index contributed by atoms with van der Waals surface area (Å²) in [5.74, 6) is 0.394. The van der Waals surface area contributed by atoms with Gasteiger partial charge in [0.15, 0.2) is 5.13 Å². The topological polar surface area (TPSA) is 46.3 Å². The Hall–Kier alpha value is -1.99. The van der Waals surface area contributed by atoms with Crippen molar-refractivity contribution in [1.82, 2.24) is 4.98 Å². The molecular formula is C20H14Cl2N2O2S2. The molecule has 4 aromatic rings. The molecule has 0 unspecified atom stereocenters. The zero-order valence-corrected chi connectivity index (χ0v) is 17.8. The van der Waals surface area contributed by atoms with E-state index in [1.165, 1.54) is 11.3 Å². The Morgan fingerprint density at radius 2 is 2.07 bits per heavy atom. The van der Waals surface area contributed by atoms with Crippen LogP contribution < -0.4 is 4.90 Å². The highest BCUT2D eigenvalue weighted by atomic mass is 35.5. The van der Waals surface area contributed by atoms with Gasteiger partial charge in [-0.2, -0.15) is 0 Å². The van der Waals surface area contributed by atoms with Crippen molar-refractivity contribution >= 4 is 67.6 Å². The predicted octanol–water partition coefficient (Wildman–Crippen LogP) is 6.77. The molecule has 4 nitrogen and oxygen atoms in total. The molecule has 8 heteroatoms. The number of carbonyl (C=O) groups excluding carboxylic acids is 1. The second-order valence-corrected chi connectivity index (χ2v) is 8.60. The van der Waals surface area contributed by atoms with Crippen molar-refractivity contribution in [3.05, 3.63) is 76.2 Å². The van der Waals surface area contributed by atoms with Crippen molar-refractivity contribution in [2.24, 2.45) is 0 Å². The van der Waals surface area contributed by atoms with Crippen molar-refractivity contribution in [3.63, 3.8) is 0 Å². The first-order chi connectivity index (χ1) is 13.6. The summed E-state index contributed by atoms with van der Waals surface area (Å²) in [5.41, 5.74) is 1.25. The highest BCUT2D eigenvalue weighted by Crippen LogP contribution is 2.36. The molecule has 2 heterocycles. The molecule has 0 saturated carbocycles. The summed E-state index contributed by atoms with van der Waals surface area (Å²) in [7, 11) is 0. The normalized spacial score (nSPS) is 11.1. The third-order valence-electron chi connectivity index (χ3n) is 4.12. The van der Waals surface area contributed by atoms with Gasteiger partial charge in [0.05, 0.1) is 33.6 Å². The van der Waals surface area contributed by atoms with E-state index < -0.39 is 0 Å². The second kappa shape index (κ2) is 8.17. The average Bonchev–Trinajstić information content (AvgIpc) is 3.34. The Morgan fingerprint density at radius 1 is 1.21 bits per heavy atom. The minimum Gasteiger partial charge on any atom is -0.467 e. The van der Waals surface area contributed by atoms with E-state index in [9.17, 15) is 4.79 Å². The van der Waals surface area contributed by atoms with E-state index in [1.54, 1.807) is 47.2 Å². The molecular weight excluding hydrogens is 435 g/mol. The number of nitrogens with zero attached hydrogens (tertiary/aromatic N) is 2. The molecule has 0 saturated heterocycles. The summed E-state index contributed by atoms with van der Waals surface area (Å²) in [4.78, 5) is 20.8. The van der Waals surface area contributed by atoms with Gasteiger partial charge >= 0.3 is 0 Å². The van der Waals surface area contributed by atoms with Gasteiger partial charge in [-0.25, -0.2) is 4.98 Å². The minimum absolute atomic E-state index is 0.249. The third kappa shape index (κ3) is 3.78. The standard InChI is InChI=1S/C20H14Cl2N2O2S2/c1-27-16-5-2-6-17-18(16)23-20(28-17)24(11-13-4-3-9-26-13)19(25)14-8-7-12(21)10-15(14)22/h2-10H,11H2,1H3. The number of hydrogen-bond acceptors (Lipinski definition) is 5. The van der Waals surface area contributed by atoms with Crippen LogP contribution in [0, 0.1) is 0 Å². The molecule has 0 aliphatic heterocycles. The summed E-state index contributed by atoms with van der Waals surface area (Å²) in [6.45, 7) is 0.249. The molecule has 4 rings (SSSR count). The van der Waals surface area contributed by atoms with Crippen molar-refractivity contribution in [3.8, 4) is 0 Å². The molecule has 1 amide bonds. The highest BCUT2D eigenvalue weighted by Gasteiger charge is 2.25. The maximum atomic E-state index is 13.4. The van der Waals surface area contributed by atoms with Crippen molar-refractivity contribution < 1.29 is 9.21 Å². The third-order valence-corrected chi connectivity index (χ3v) is 6.48. The number of furan rings is 1. The molecule has 0 spiro atoms. The number of aromatic nitrogens is 1. The number of carbonyl (C=O) groups is 1. The molecule has 0 radical (unpaired) electrons. The molecule has 0 atom stereocenters. The van der Waals surface area contributed by atoms with Gasteiger partial charge in [-0.15, -0.1) is 11.8 Å². The number of fused-ring (bicyclic) bond motifs is 1. The number of thiazole rings is 1. The molecule has 0 bridgehead atoms. The zero-order chi connectivity index (χ0) is 19.7. The van der Waals surface area contributed by atoms with Crippen LogP contribution in [0.5, 0.6) is 0 Å². The number of anilines is 1. The number of thioether (sulfide) groups is 1. The summed E-state index contributed by atoms with van der Waals surface area (Å²) >= 11 is 15.4. The summed E-state index contributed by atoms with van der Waals surface area (Å²) < 4.78 is 6.48. The fraction of sp³-hybridized carbons (Fsp3) is 0.100. The van der Waals surface area contributed by atoms with E-state index in [-0.39, 0.29) is 12.5 Å². The van der Waals surface area contributed by atoms with E-state index in [2.05, 4.69) is 0 Å². The van der Waals surface area contributed by atoms with Gasteiger partial charge in [0, 0.05) is 9.92 Å². The van der Waals surface area contributed by atoms with Gasteiger partial charge in [0.1, 0.15) is 5.76 Å². The van der Waals surface area contributed by atoms with Crippen LogP contribution in [-0.4, -0.2) is 17.1 Å². The van der Waals surface area contributed by atoms with Crippen LogP contribution in [0.4, 0.5) is 5.13 Å². The summed E-state index contributed by atoms with van der Waals surface area (Å²) in [5, 5.41) is 1.36. The van der Waals surface area contributed by atoms with Crippen LogP contribution in [0.3, 0.4) is 0 Å². The molecule has 142 valence electrons. The van der Waals surface area contributed by atoms with Crippen molar-refractivity contribution in [2.45, 2.75) is 11.4 Å². The lowest BCUT2D eigenvalue weighted by Gasteiger charge is -2.19. The van der Waals surface area contributed by atoms with Gasteiger partial charge in [-0.3, -0.25) is 9.69 Å². The molecule has 0 fully saturated rings. The number of halogens is 2. The number of hydrogen-bond donors (Lipinski definition) is 0. The number of rotatable bonds is 5. The number of benzene rings is 2. The van der Waals surface area contributed by atoms with Crippen LogP contribution >= 0.6 is 46.3 Å². The lowest BCUT2D eigenvalue weighted by Crippen LogP contribution is -2.30. The monoisotopic (exact) mass is 448 g/mol. The van der Waals surface area contributed by atoms with E-state index in [0.717, 1.165) is 15.1 Å². The maximum absolute atomic E-state index is 13.4. The van der Waals surface area contributed by atoms with Crippen molar-refractivity contribution in [2.75, 3.05) is 11.2 Å². The fourth-order valence-corrected chi connectivity index (χ4v) is 4.89. The molecule has 0 N–H and O–H groups in total. The van der Waals surface area contributed by atoms with Gasteiger partial charge in [-0.05, 0) is 48.7 Å².